The molecule has 1 aromatic rings. The van der Waals surface area contributed by atoms with Crippen LogP contribution in [0.25, 0.3) is 0 Å². The van der Waals surface area contributed by atoms with E-state index in [1.165, 1.54) is 4.68 Å². The SMILES string of the molecule is CCOC(=O)c1c(CCl)c(C)nn1C. The summed E-state index contributed by atoms with van der Waals surface area (Å²) in [7, 11) is 1.70. The molecule has 1 heterocycles. The molecule has 0 bridgehead atoms. The Balaban J connectivity index is 3.11. The van der Waals surface area contributed by atoms with Crippen molar-refractivity contribution in [3.8, 4) is 0 Å². The van der Waals surface area contributed by atoms with Crippen molar-refractivity contribution < 1.29 is 9.53 Å². The maximum Gasteiger partial charge on any atom is 0.356 e. The summed E-state index contributed by atoms with van der Waals surface area (Å²) >= 11 is 5.73. The van der Waals surface area contributed by atoms with Gasteiger partial charge in [-0.15, -0.1) is 11.6 Å². The molecule has 0 aliphatic rings. The Kier molecular flexibility index (Phi) is 3.52. The van der Waals surface area contributed by atoms with E-state index in [2.05, 4.69) is 5.10 Å². The summed E-state index contributed by atoms with van der Waals surface area (Å²) in [4.78, 5) is 11.5. The van der Waals surface area contributed by atoms with Crippen LogP contribution in [0.5, 0.6) is 0 Å². The highest BCUT2D eigenvalue weighted by Gasteiger charge is 2.19. The molecule has 1 aromatic heterocycles. The molecule has 0 spiro atoms. The monoisotopic (exact) mass is 216 g/mol. The predicted octanol–water partition coefficient (Wildman–Crippen LogP) is 1.64. The first-order valence-corrected chi connectivity index (χ1v) is 4.90. The molecule has 4 nitrogen and oxygen atoms in total. The van der Waals surface area contributed by atoms with Gasteiger partial charge in [-0.1, -0.05) is 0 Å². The summed E-state index contributed by atoms with van der Waals surface area (Å²) in [5.41, 5.74) is 1.96. The number of ether oxygens (including phenoxy) is 1. The van der Waals surface area contributed by atoms with Crippen molar-refractivity contribution in [3.05, 3.63) is 17.0 Å². The Bertz CT molecular complexity index is 347. The third-order valence-corrected chi connectivity index (χ3v) is 2.22. The summed E-state index contributed by atoms with van der Waals surface area (Å²) in [5, 5.41) is 4.12. The molecule has 0 saturated carbocycles. The van der Waals surface area contributed by atoms with Crippen molar-refractivity contribution in [2.75, 3.05) is 6.61 Å². The van der Waals surface area contributed by atoms with E-state index in [9.17, 15) is 4.79 Å². The number of rotatable bonds is 3. The number of alkyl halides is 1. The maximum atomic E-state index is 11.5. The highest BCUT2D eigenvalue weighted by molar-refractivity contribution is 6.17. The van der Waals surface area contributed by atoms with Gasteiger partial charge in [0, 0.05) is 12.6 Å². The van der Waals surface area contributed by atoms with Gasteiger partial charge >= 0.3 is 5.97 Å². The first kappa shape index (κ1) is 11.0. The van der Waals surface area contributed by atoms with E-state index in [1.54, 1.807) is 14.0 Å². The summed E-state index contributed by atoms with van der Waals surface area (Å²) in [5.74, 6) is -0.0976. The van der Waals surface area contributed by atoms with Crippen molar-refractivity contribution in [3.63, 3.8) is 0 Å². The quantitative estimate of drug-likeness (QED) is 0.570. The highest BCUT2D eigenvalue weighted by Crippen LogP contribution is 2.16. The van der Waals surface area contributed by atoms with E-state index in [4.69, 9.17) is 16.3 Å². The minimum absolute atomic E-state index is 0.272. The molecule has 0 amide bonds. The molecule has 0 radical (unpaired) electrons. The molecule has 0 fully saturated rings. The van der Waals surface area contributed by atoms with E-state index in [-0.39, 0.29) is 11.8 Å². The lowest BCUT2D eigenvalue weighted by Crippen LogP contribution is -2.12. The van der Waals surface area contributed by atoms with Gasteiger partial charge in [-0.25, -0.2) is 4.79 Å². The predicted molar refractivity (Wildman–Crippen MR) is 53.5 cm³/mol. The smallest absolute Gasteiger partial charge is 0.356 e. The largest absolute Gasteiger partial charge is 0.461 e. The number of halogens is 1. The molecule has 78 valence electrons. The average Bonchev–Trinajstić information content (AvgIpc) is 2.40. The first-order chi connectivity index (χ1) is 6.61. The van der Waals surface area contributed by atoms with Crippen molar-refractivity contribution in [1.29, 1.82) is 0 Å². The van der Waals surface area contributed by atoms with Gasteiger partial charge in [-0.05, 0) is 13.8 Å². The normalized spacial score (nSPS) is 10.3. The van der Waals surface area contributed by atoms with Crippen molar-refractivity contribution in [1.82, 2.24) is 9.78 Å². The Hall–Kier alpha value is -1.03. The fourth-order valence-electron chi connectivity index (χ4n) is 1.32. The van der Waals surface area contributed by atoms with Crippen LogP contribution >= 0.6 is 11.6 Å². The molecule has 0 aliphatic heterocycles. The Labute approximate surface area is 87.8 Å². The van der Waals surface area contributed by atoms with Crippen molar-refractivity contribution in [2.24, 2.45) is 7.05 Å². The van der Waals surface area contributed by atoms with Gasteiger partial charge in [-0.3, -0.25) is 4.68 Å². The third kappa shape index (κ3) is 1.90. The second kappa shape index (κ2) is 4.46. The molecule has 0 aliphatic carbocycles. The van der Waals surface area contributed by atoms with E-state index >= 15 is 0 Å². The molecule has 14 heavy (non-hydrogen) atoms. The zero-order valence-electron chi connectivity index (χ0n) is 8.50. The van der Waals surface area contributed by atoms with Crippen LogP contribution in [0.15, 0.2) is 0 Å². The number of aryl methyl sites for hydroxylation is 2. The molecular weight excluding hydrogens is 204 g/mol. The van der Waals surface area contributed by atoms with Gasteiger partial charge in [0.15, 0.2) is 5.69 Å². The number of hydrogen-bond donors (Lipinski definition) is 0. The zero-order chi connectivity index (χ0) is 10.7. The van der Waals surface area contributed by atoms with E-state index in [0.717, 1.165) is 11.3 Å². The van der Waals surface area contributed by atoms with Gasteiger partial charge in [0.05, 0.1) is 18.2 Å². The molecule has 0 atom stereocenters. The molecule has 0 aromatic carbocycles. The minimum Gasteiger partial charge on any atom is -0.461 e. The summed E-state index contributed by atoms with van der Waals surface area (Å²) in [6.45, 7) is 3.94. The van der Waals surface area contributed by atoms with Crippen LogP contribution in [0.3, 0.4) is 0 Å². The maximum absolute atomic E-state index is 11.5. The van der Waals surface area contributed by atoms with Crippen molar-refractivity contribution >= 4 is 17.6 Å². The molecule has 0 N–H and O–H groups in total. The van der Waals surface area contributed by atoms with Crippen LogP contribution in [-0.4, -0.2) is 22.4 Å². The Morgan fingerprint density at radius 1 is 1.64 bits per heavy atom. The van der Waals surface area contributed by atoms with Crippen LogP contribution in [-0.2, 0) is 17.7 Å². The van der Waals surface area contributed by atoms with Gasteiger partial charge in [-0.2, -0.15) is 5.10 Å². The van der Waals surface area contributed by atoms with Crippen LogP contribution in [0.1, 0.15) is 28.7 Å². The topological polar surface area (TPSA) is 44.1 Å². The van der Waals surface area contributed by atoms with E-state index in [0.29, 0.717) is 12.3 Å². The number of aromatic nitrogens is 2. The summed E-state index contributed by atoms with van der Waals surface area (Å²) < 4.78 is 6.41. The Morgan fingerprint density at radius 3 is 2.79 bits per heavy atom. The standard InChI is InChI=1S/C9H13ClN2O2/c1-4-14-9(13)8-7(5-10)6(2)11-12(8)3/h4-5H2,1-3H3. The fourth-order valence-corrected chi connectivity index (χ4v) is 1.64. The number of carbonyl (C=O) groups is 1. The van der Waals surface area contributed by atoms with Crippen LogP contribution in [0, 0.1) is 6.92 Å². The Morgan fingerprint density at radius 2 is 2.29 bits per heavy atom. The van der Waals surface area contributed by atoms with Crippen molar-refractivity contribution in [2.45, 2.75) is 19.7 Å². The summed E-state index contributed by atoms with van der Waals surface area (Å²) in [6.07, 6.45) is 0. The molecule has 5 heteroatoms. The number of nitrogens with zero attached hydrogens (tertiary/aromatic N) is 2. The number of esters is 1. The van der Waals surface area contributed by atoms with E-state index < -0.39 is 0 Å². The second-order valence-electron chi connectivity index (χ2n) is 2.89. The minimum atomic E-state index is -0.369. The zero-order valence-corrected chi connectivity index (χ0v) is 9.26. The van der Waals surface area contributed by atoms with Crippen LogP contribution < -0.4 is 0 Å². The van der Waals surface area contributed by atoms with Crippen LogP contribution in [0.4, 0.5) is 0 Å². The van der Waals surface area contributed by atoms with Crippen LogP contribution in [0.2, 0.25) is 0 Å². The lowest BCUT2D eigenvalue weighted by Gasteiger charge is -2.03. The first-order valence-electron chi connectivity index (χ1n) is 4.37. The highest BCUT2D eigenvalue weighted by atomic mass is 35.5. The van der Waals surface area contributed by atoms with Gasteiger partial charge < -0.3 is 4.74 Å². The fraction of sp³-hybridized carbons (Fsp3) is 0.556. The third-order valence-electron chi connectivity index (χ3n) is 1.95. The lowest BCUT2D eigenvalue weighted by molar-refractivity contribution is 0.0512. The van der Waals surface area contributed by atoms with Gasteiger partial charge in [0.25, 0.3) is 0 Å². The van der Waals surface area contributed by atoms with E-state index in [1.807, 2.05) is 6.92 Å². The molecule has 0 unspecified atom stereocenters. The number of carbonyl (C=O) groups excluding carboxylic acids is 1. The van der Waals surface area contributed by atoms with Gasteiger partial charge in [0.1, 0.15) is 0 Å². The average molecular weight is 217 g/mol. The lowest BCUT2D eigenvalue weighted by atomic mass is 10.2. The molecule has 1 rings (SSSR count). The number of hydrogen-bond acceptors (Lipinski definition) is 3. The molecule has 0 saturated heterocycles. The summed E-state index contributed by atoms with van der Waals surface area (Å²) in [6, 6.07) is 0. The molecular formula is C9H13ClN2O2. The second-order valence-corrected chi connectivity index (χ2v) is 3.16. The van der Waals surface area contributed by atoms with Gasteiger partial charge in [0.2, 0.25) is 0 Å².